The molecule has 150 valence electrons. The van der Waals surface area contributed by atoms with E-state index in [1.54, 1.807) is 36.4 Å². The average Bonchev–Trinajstić information content (AvgIpc) is 2.99. The topological polar surface area (TPSA) is 77.8 Å². The van der Waals surface area contributed by atoms with Gasteiger partial charge in [0.05, 0.1) is 11.6 Å². The number of ketones is 1. The van der Waals surface area contributed by atoms with Gasteiger partial charge in [-0.3, -0.25) is 14.5 Å². The number of aryl methyl sites for hydroxylation is 1. The molecule has 0 saturated carbocycles. The van der Waals surface area contributed by atoms with Gasteiger partial charge < -0.3 is 10.2 Å². The van der Waals surface area contributed by atoms with E-state index in [9.17, 15) is 24.2 Å². The molecule has 2 N–H and O–H groups in total. The number of rotatable bonds is 3. The average molecular weight is 403 g/mol. The van der Waals surface area contributed by atoms with Gasteiger partial charge >= 0.3 is 0 Å². The fourth-order valence-corrected chi connectivity index (χ4v) is 3.60. The first-order valence-electron chi connectivity index (χ1n) is 9.29. The van der Waals surface area contributed by atoms with Crippen LogP contribution in [0.1, 0.15) is 22.7 Å². The molecular formula is C24H18FNO4. The van der Waals surface area contributed by atoms with Crippen molar-refractivity contribution in [1.29, 1.82) is 0 Å². The summed E-state index contributed by atoms with van der Waals surface area (Å²) in [6, 6.07) is 17.2. The summed E-state index contributed by atoms with van der Waals surface area (Å²) in [6.45, 7) is 1.89. The van der Waals surface area contributed by atoms with Crippen LogP contribution in [0.5, 0.6) is 5.75 Å². The van der Waals surface area contributed by atoms with Crippen LogP contribution in [0.3, 0.4) is 0 Å². The third-order valence-electron chi connectivity index (χ3n) is 5.04. The molecule has 30 heavy (non-hydrogen) atoms. The highest BCUT2D eigenvalue weighted by Gasteiger charge is 2.47. The normalized spacial score (nSPS) is 18.1. The lowest BCUT2D eigenvalue weighted by Crippen LogP contribution is -2.29. The zero-order chi connectivity index (χ0) is 21.4. The largest absolute Gasteiger partial charge is 0.508 e. The van der Waals surface area contributed by atoms with Crippen LogP contribution in [0.15, 0.2) is 78.4 Å². The van der Waals surface area contributed by atoms with Crippen molar-refractivity contribution >= 4 is 23.1 Å². The quantitative estimate of drug-likeness (QED) is 0.384. The molecule has 0 spiro atoms. The Kier molecular flexibility index (Phi) is 4.83. The maximum atomic E-state index is 13.9. The van der Waals surface area contributed by atoms with Gasteiger partial charge in [-0.25, -0.2) is 4.39 Å². The van der Waals surface area contributed by atoms with Crippen molar-refractivity contribution in [2.24, 2.45) is 0 Å². The SMILES string of the molecule is Cc1ccc(/C(O)=C2\C(=O)C(=O)N(c3cccc(F)c3)C2c2cccc(O)c2)cc1. The number of benzene rings is 3. The van der Waals surface area contributed by atoms with Crippen molar-refractivity contribution in [3.8, 4) is 5.75 Å². The van der Waals surface area contributed by atoms with Crippen molar-refractivity contribution in [1.82, 2.24) is 0 Å². The number of phenols is 1. The molecule has 3 aromatic carbocycles. The number of halogens is 1. The van der Waals surface area contributed by atoms with Gasteiger partial charge in [0.1, 0.15) is 17.3 Å². The molecule has 0 bridgehead atoms. The fourth-order valence-electron chi connectivity index (χ4n) is 3.60. The molecule has 6 heteroatoms. The summed E-state index contributed by atoms with van der Waals surface area (Å²) in [7, 11) is 0. The van der Waals surface area contributed by atoms with Crippen LogP contribution in [0.25, 0.3) is 5.76 Å². The van der Waals surface area contributed by atoms with E-state index in [2.05, 4.69) is 0 Å². The minimum atomic E-state index is -1.03. The van der Waals surface area contributed by atoms with Gasteiger partial charge in [-0.2, -0.15) is 0 Å². The Morgan fingerprint density at radius 3 is 2.33 bits per heavy atom. The summed E-state index contributed by atoms with van der Waals surface area (Å²) in [6.07, 6.45) is 0. The van der Waals surface area contributed by atoms with E-state index in [4.69, 9.17) is 0 Å². The smallest absolute Gasteiger partial charge is 0.300 e. The van der Waals surface area contributed by atoms with Crippen LogP contribution < -0.4 is 4.90 Å². The lowest BCUT2D eigenvalue weighted by molar-refractivity contribution is -0.132. The molecule has 1 saturated heterocycles. The van der Waals surface area contributed by atoms with Crippen molar-refractivity contribution in [3.63, 3.8) is 0 Å². The highest BCUT2D eigenvalue weighted by molar-refractivity contribution is 6.51. The van der Waals surface area contributed by atoms with Crippen LogP contribution in [0, 0.1) is 12.7 Å². The monoisotopic (exact) mass is 403 g/mol. The summed E-state index contributed by atoms with van der Waals surface area (Å²) in [5, 5.41) is 20.9. The van der Waals surface area contributed by atoms with E-state index in [0.29, 0.717) is 11.1 Å². The van der Waals surface area contributed by atoms with E-state index < -0.39 is 23.5 Å². The number of amides is 1. The summed E-state index contributed by atoms with van der Waals surface area (Å²) < 4.78 is 13.9. The fraction of sp³-hybridized carbons (Fsp3) is 0.0833. The maximum Gasteiger partial charge on any atom is 0.300 e. The minimum Gasteiger partial charge on any atom is -0.508 e. The zero-order valence-electron chi connectivity index (χ0n) is 16.0. The molecule has 0 aliphatic carbocycles. The predicted octanol–water partition coefficient (Wildman–Crippen LogP) is 4.47. The Morgan fingerprint density at radius 1 is 0.967 bits per heavy atom. The van der Waals surface area contributed by atoms with Crippen molar-refractivity contribution in [2.75, 3.05) is 4.90 Å². The van der Waals surface area contributed by atoms with E-state index in [0.717, 1.165) is 16.5 Å². The van der Waals surface area contributed by atoms with E-state index in [1.165, 1.54) is 30.3 Å². The van der Waals surface area contributed by atoms with E-state index >= 15 is 0 Å². The van der Waals surface area contributed by atoms with Gasteiger partial charge in [-0.15, -0.1) is 0 Å². The number of carbonyl (C=O) groups is 2. The first kappa shape index (κ1) is 19.4. The van der Waals surface area contributed by atoms with Gasteiger partial charge in [0.2, 0.25) is 0 Å². The predicted molar refractivity (Wildman–Crippen MR) is 110 cm³/mol. The Balaban J connectivity index is 1.96. The highest BCUT2D eigenvalue weighted by Crippen LogP contribution is 2.42. The lowest BCUT2D eigenvalue weighted by Gasteiger charge is -2.25. The van der Waals surface area contributed by atoms with Gasteiger partial charge in [0.15, 0.2) is 0 Å². The molecular weight excluding hydrogens is 385 g/mol. The molecule has 5 nitrogen and oxygen atoms in total. The number of aliphatic hydroxyl groups is 1. The van der Waals surface area contributed by atoms with Crippen molar-refractivity contribution < 1.29 is 24.2 Å². The van der Waals surface area contributed by atoms with Crippen LogP contribution in [0.4, 0.5) is 10.1 Å². The first-order chi connectivity index (χ1) is 14.4. The molecule has 0 aromatic heterocycles. The third-order valence-corrected chi connectivity index (χ3v) is 5.04. The van der Waals surface area contributed by atoms with Crippen LogP contribution in [-0.2, 0) is 9.59 Å². The number of hydrogen-bond acceptors (Lipinski definition) is 4. The second-order valence-electron chi connectivity index (χ2n) is 7.11. The maximum absolute atomic E-state index is 13.9. The zero-order valence-corrected chi connectivity index (χ0v) is 16.0. The lowest BCUT2D eigenvalue weighted by atomic mass is 9.94. The number of nitrogens with zero attached hydrogens (tertiary/aromatic N) is 1. The van der Waals surface area contributed by atoms with Crippen LogP contribution >= 0.6 is 0 Å². The number of phenolic OH excluding ortho intramolecular Hbond substituents is 1. The summed E-state index contributed by atoms with van der Waals surface area (Å²) in [4.78, 5) is 27.0. The van der Waals surface area contributed by atoms with Crippen molar-refractivity contribution in [3.05, 3.63) is 101 Å². The molecule has 1 unspecified atom stereocenters. The van der Waals surface area contributed by atoms with Gasteiger partial charge in [-0.05, 0) is 42.8 Å². The number of aliphatic hydroxyl groups excluding tert-OH is 1. The Bertz CT molecular complexity index is 1180. The molecule has 1 aliphatic heterocycles. The Morgan fingerprint density at radius 2 is 1.67 bits per heavy atom. The van der Waals surface area contributed by atoms with E-state index in [-0.39, 0.29) is 22.8 Å². The number of carbonyl (C=O) groups excluding carboxylic acids is 2. The number of hydrogen-bond donors (Lipinski definition) is 2. The molecule has 0 radical (unpaired) electrons. The highest BCUT2D eigenvalue weighted by atomic mass is 19.1. The van der Waals surface area contributed by atoms with Crippen LogP contribution in [0.2, 0.25) is 0 Å². The molecule has 1 heterocycles. The second-order valence-corrected chi connectivity index (χ2v) is 7.11. The van der Waals surface area contributed by atoms with Crippen molar-refractivity contribution in [2.45, 2.75) is 13.0 Å². The first-order valence-corrected chi connectivity index (χ1v) is 9.29. The molecule has 1 amide bonds. The van der Waals surface area contributed by atoms with E-state index in [1.807, 2.05) is 6.92 Å². The third kappa shape index (κ3) is 3.33. The number of anilines is 1. The molecule has 3 aromatic rings. The molecule has 4 rings (SSSR count). The van der Waals surface area contributed by atoms with Gasteiger partial charge in [0, 0.05) is 11.3 Å². The van der Waals surface area contributed by atoms with Gasteiger partial charge in [-0.1, -0.05) is 48.0 Å². The number of Topliss-reactive ketones (excluding diaryl/α,β-unsaturated/α-hetero) is 1. The molecule has 1 aliphatic rings. The van der Waals surface area contributed by atoms with Gasteiger partial charge in [0.25, 0.3) is 11.7 Å². The van der Waals surface area contributed by atoms with Crippen LogP contribution in [-0.4, -0.2) is 21.9 Å². The second kappa shape index (κ2) is 7.48. The Labute approximate surface area is 172 Å². The Hall–Kier alpha value is -3.93. The molecule has 1 atom stereocenters. The minimum absolute atomic E-state index is 0.0623. The standard InChI is InChI=1S/C24H18FNO4/c1-14-8-10-15(11-9-14)22(28)20-21(16-4-2-7-19(27)12-16)26(24(30)23(20)29)18-6-3-5-17(25)13-18/h2-13,21,27-28H,1H3/b22-20+. The summed E-state index contributed by atoms with van der Waals surface area (Å²) in [5.74, 6) is -2.73. The summed E-state index contributed by atoms with van der Waals surface area (Å²) in [5.41, 5.74) is 1.80. The summed E-state index contributed by atoms with van der Waals surface area (Å²) >= 11 is 0. The molecule has 1 fully saturated rings. The number of aromatic hydroxyl groups is 1.